The summed E-state index contributed by atoms with van der Waals surface area (Å²) in [5, 5.41) is 17.8. The Bertz CT molecular complexity index is 4080. The molecule has 14 rings (SSSR count). The van der Waals surface area contributed by atoms with Gasteiger partial charge in [-0.15, -0.1) is 0 Å². The number of furan rings is 1. The Morgan fingerprint density at radius 1 is 0.500 bits per heavy atom. The molecule has 1 unspecified atom stereocenters. The fraction of sp³-hybridized carbons (Fsp3) is 0.0175. The molecular weight excluding hydrogens is 757 g/mol. The number of nitrogens with one attached hydrogen (secondary N) is 1. The van der Waals surface area contributed by atoms with E-state index in [0.29, 0.717) is 5.84 Å². The second-order valence-corrected chi connectivity index (χ2v) is 16.3. The number of para-hydroxylation sites is 2. The fourth-order valence-corrected chi connectivity index (χ4v) is 10.3. The van der Waals surface area contributed by atoms with E-state index in [1.165, 1.54) is 65.0 Å². The van der Waals surface area contributed by atoms with Gasteiger partial charge in [0.25, 0.3) is 0 Å². The minimum Gasteiger partial charge on any atom is -0.455 e. The summed E-state index contributed by atoms with van der Waals surface area (Å²) >= 11 is 0. The molecule has 286 valence electrons. The highest BCUT2D eigenvalue weighted by molar-refractivity contribution is 6.31. The van der Waals surface area contributed by atoms with E-state index < -0.39 is 6.17 Å². The monoisotopic (exact) mass is 788 g/mol. The van der Waals surface area contributed by atoms with Crippen molar-refractivity contribution < 1.29 is 4.42 Å². The molecule has 1 atom stereocenters. The van der Waals surface area contributed by atoms with Crippen molar-refractivity contribution in [3.05, 3.63) is 211 Å². The van der Waals surface area contributed by atoms with Crippen LogP contribution in [0.5, 0.6) is 0 Å². The third-order valence-corrected chi connectivity index (χ3v) is 13.0. The highest BCUT2D eigenvalue weighted by atomic mass is 16.3. The van der Waals surface area contributed by atoms with Crippen LogP contribution in [0, 0.1) is 12.1 Å². The molecule has 5 nitrogen and oxygen atoms in total. The lowest BCUT2D eigenvalue weighted by molar-refractivity contribution is 0.655. The summed E-state index contributed by atoms with van der Waals surface area (Å²) in [5.41, 5.74) is 10.4. The molecule has 0 radical (unpaired) electrons. The van der Waals surface area contributed by atoms with E-state index in [1.807, 2.05) is 18.2 Å². The molecule has 1 N–H and O–H groups in total. The van der Waals surface area contributed by atoms with Gasteiger partial charge in [-0.25, -0.2) is 9.98 Å². The average Bonchev–Trinajstić information content (AvgIpc) is 4.01. The van der Waals surface area contributed by atoms with Gasteiger partial charge in [-0.3, -0.25) is 0 Å². The van der Waals surface area contributed by atoms with Crippen molar-refractivity contribution in [3.63, 3.8) is 0 Å². The molecule has 13 aromatic rings. The minimum atomic E-state index is -0.455. The van der Waals surface area contributed by atoms with Crippen LogP contribution in [0.3, 0.4) is 0 Å². The van der Waals surface area contributed by atoms with Gasteiger partial charge >= 0.3 is 0 Å². The zero-order chi connectivity index (χ0) is 40.5. The molecule has 0 amide bonds. The molecule has 0 fully saturated rings. The molecule has 0 spiro atoms. The number of amidine groups is 2. The molecular formula is C57H32N4O. The second kappa shape index (κ2) is 12.5. The highest BCUT2D eigenvalue weighted by Gasteiger charge is 2.27. The SMILES string of the molecule is c1ccc2oc3cc(C4N=C(c5cc6c7ccccc7c7ccccc7c6cc5-c5ccc6c7ccccc7n7c8ccccc8c5c67)N=C(c5ccccc5)N4)ccc3c2c#1. The lowest BCUT2D eigenvalue weighted by atomic mass is 9.87. The first-order valence-corrected chi connectivity index (χ1v) is 21.0. The van der Waals surface area contributed by atoms with Gasteiger partial charge in [0.2, 0.25) is 0 Å². The fourth-order valence-electron chi connectivity index (χ4n) is 10.3. The number of hydrogen-bond acceptors (Lipinski definition) is 4. The van der Waals surface area contributed by atoms with Crippen molar-refractivity contribution >= 4 is 104 Å². The third-order valence-electron chi connectivity index (χ3n) is 13.0. The molecule has 0 saturated carbocycles. The maximum Gasteiger partial charge on any atom is 0.160 e. The first-order chi connectivity index (χ1) is 30.7. The van der Waals surface area contributed by atoms with Gasteiger partial charge in [0.15, 0.2) is 5.84 Å². The summed E-state index contributed by atoms with van der Waals surface area (Å²) in [6.45, 7) is 0. The molecule has 4 heterocycles. The van der Waals surface area contributed by atoms with Crippen LogP contribution in [-0.2, 0) is 0 Å². The minimum absolute atomic E-state index is 0.455. The number of benzene rings is 9. The topological polar surface area (TPSA) is 54.3 Å². The van der Waals surface area contributed by atoms with Crippen LogP contribution in [-0.4, -0.2) is 16.1 Å². The van der Waals surface area contributed by atoms with Crippen molar-refractivity contribution in [1.82, 2.24) is 9.72 Å². The summed E-state index contributed by atoms with van der Waals surface area (Å²) in [4.78, 5) is 11.0. The predicted octanol–water partition coefficient (Wildman–Crippen LogP) is 14.0. The van der Waals surface area contributed by atoms with Crippen LogP contribution in [0.15, 0.2) is 196 Å². The normalized spacial score (nSPS) is 14.5. The van der Waals surface area contributed by atoms with Crippen molar-refractivity contribution in [3.8, 4) is 11.1 Å². The Balaban J connectivity index is 1.10. The quantitative estimate of drug-likeness (QED) is 0.181. The van der Waals surface area contributed by atoms with E-state index in [9.17, 15) is 0 Å². The number of hydrogen-bond donors (Lipinski definition) is 1. The van der Waals surface area contributed by atoms with Crippen LogP contribution in [0.2, 0.25) is 0 Å². The second-order valence-electron chi connectivity index (χ2n) is 16.3. The van der Waals surface area contributed by atoms with Crippen LogP contribution in [0.1, 0.15) is 22.9 Å². The Morgan fingerprint density at radius 3 is 1.89 bits per heavy atom. The van der Waals surface area contributed by atoms with Crippen LogP contribution in [0.4, 0.5) is 0 Å². The predicted molar refractivity (Wildman–Crippen MR) is 256 cm³/mol. The highest BCUT2D eigenvalue weighted by Crippen LogP contribution is 2.47. The summed E-state index contributed by atoms with van der Waals surface area (Å²) in [6, 6.07) is 71.4. The number of aliphatic imine (C=N–C) groups is 2. The van der Waals surface area contributed by atoms with Gasteiger partial charge in [-0.05, 0) is 92.0 Å². The molecule has 10 aromatic carbocycles. The van der Waals surface area contributed by atoms with Crippen LogP contribution in [0.25, 0.3) is 103 Å². The Kier molecular flexibility index (Phi) is 6.75. The number of nitrogens with zero attached hydrogens (tertiary/aromatic N) is 3. The van der Waals surface area contributed by atoms with Gasteiger partial charge in [0.1, 0.15) is 23.2 Å². The molecule has 62 heavy (non-hydrogen) atoms. The van der Waals surface area contributed by atoms with Crippen molar-refractivity contribution in [2.45, 2.75) is 6.17 Å². The van der Waals surface area contributed by atoms with Gasteiger partial charge < -0.3 is 14.1 Å². The first-order valence-electron chi connectivity index (χ1n) is 21.0. The number of fused-ring (bicyclic) bond motifs is 15. The Hall–Kier alpha value is -8.46. The maximum absolute atomic E-state index is 6.36. The van der Waals surface area contributed by atoms with Crippen LogP contribution < -0.4 is 5.32 Å². The molecule has 1 aliphatic heterocycles. The lowest BCUT2D eigenvalue weighted by Crippen LogP contribution is -2.33. The van der Waals surface area contributed by atoms with E-state index in [1.54, 1.807) is 0 Å². The van der Waals surface area contributed by atoms with E-state index in [0.717, 1.165) is 61.0 Å². The first kappa shape index (κ1) is 33.4. The van der Waals surface area contributed by atoms with E-state index >= 15 is 0 Å². The van der Waals surface area contributed by atoms with Gasteiger partial charge in [0, 0.05) is 43.6 Å². The van der Waals surface area contributed by atoms with Crippen molar-refractivity contribution in [2.24, 2.45) is 9.98 Å². The van der Waals surface area contributed by atoms with Crippen molar-refractivity contribution in [1.29, 1.82) is 0 Å². The number of rotatable bonds is 4. The summed E-state index contributed by atoms with van der Waals surface area (Å²) in [5.74, 6) is 1.42. The Labute approximate surface area is 354 Å². The lowest BCUT2D eigenvalue weighted by Gasteiger charge is -2.25. The van der Waals surface area contributed by atoms with Gasteiger partial charge in [-0.2, -0.15) is 0 Å². The van der Waals surface area contributed by atoms with E-state index in [2.05, 4.69) is 186 Å². The molecule has 5 heteroatoms. The molecule has 3 aromatic heterocycles. The van der Waals surface area contributed by atoms with Gasteiger partial charge in [-0.1, -0.05) is 146 Å². The number of aromatic nitrogens is 1. The average molecular weight is 789 g/mol. The zero-order valence-corrected chi connectivity index (χ0v) is 33.1. The zero-order valence-electron chi connectivity index (χ0n) is 33.1. The van der Waals surface area contributed by atoms with E-state index in [4.69, 9.17) is 14.4 Å². The summed E-state index contributed by atoms with van der Waals surface area (Å²) in [6.07, 6.45) is -0.455. The maximum atomic E-state index is 6.36. The van der Waals surface area contributed by atoms with Crippen molar-refractivity contribution in [2.75, 3.05) is 0 Å². The van der Waals surface area contributed by atoms with Gasteiger partial charge in [0.05, 0.1) is 21.9 Å². The molecule has 0 saturated heterocycles. The third kappa shape index (κ3) is 4.63. The standard InChI is InChI=1S/C57H32N4O/c1-2-14-33(15-3-1)55-58-56(34-26-27-41-40-21-10-13-25-51(40)62-52(41)30-34)60-57(59-55)48-32-46-38-19-7-5-17-36(38)35-16-4-6-18-37(35)45(46)31-47(48)42-28-29-43-39-20-8-11-23-49(39)61-50-24-12-9-22-44(50)53(42)54(43)61/h1-9,11-20,22-32,56H,(H,58,59,60). The Morgan fingerprint density at radius 2 is 1.13 bits per heavy atom. The smallest absolute Gasteiger partial charge is 0.160 e. The largest absolute Gasteiger partial charge is 0.455 e. The summed E-state index contributed by atoms with van der Waals surface area (Å²) < 4.78 is 8.82. The van der Waals surface area contributed by atoms with E-state index in [-0.39, 0.29) is 0 Å². The summed E-state index contributed by atoms with van der Waals surface area (Å²) in [7, 11) is 0. The molecule has 0 aliphatic carbocycles. The van der Waals surface area contributed by atoms with Crippen LogP contribution >= 0.6 is 0 Å². The molecule has 0 bridgehead atoms. The molecule has 1 aliphatic rings.